The minimum atomic E-state index is -0.0715. The standard InChI is InChI=1S/C28H32N4O2/c1-20(2)9-8-14-34-27-13-12-23(16-29-27)25-15-28(33)31(4)19-26(25)24-17-30-32(18-24)21(3)22-10-6-5-7-11-22/h5-7,10-13,15-21H,8-9,14H2,1-4H3. The lowest BCUT2D eigenvalue weighted by Gasteiger charge is -2.13. The summed E-state index contributed by atoms with van der Waals surface area (Å²) in [5.41, 5.74) is 4.69. The summed E-state index contributed by atoms with van der Waals surface area (Å²) >= 11 is 0. The number of nitrogens with zero attached hydrogens (tertiary/aromatic N) is 4. The van der Waals surface area contributed by atoms with Crippen LogP contribution >= 0.6 is 0 Å². The molecule has 34 heavy (non-hydrogen) atoms. The molecule has 0 spiro atoms. The Morgan fingerprint density at radius 2 is 1.74 bits per heavy atom. The number of aromatic nitrogens is 4. The molecule has 0 aliphatic rings. The van der Waals surface area contributed by atoms with Crippen LogP contribution in [0.2, 0.25) is 0 Å². The van der Waals surface area contributed by atoms with E-state index in [2.05, 4.69) is 43.0 Å². The minimum Gasteiger partial charge on any atom is -0.478 e. The van der Waals surface area contributed by atoms with Crippen LogP contribution in [0.5, 0.6) is 5.88 Å². The molecule has 4 rings (SSSR count). The Hall–Kier alpha value is -3.67. The molecule has 4 aromatic rings. The molecule has 1 unspecified atom stereocenters. The van der Waals surface area contributed by atoms with Gasteiger partial charge in [0.25, 0.3) is 5.56 Å². The van der Waals surface area contributed by atoms with E-state index in [1.807, 2.05) is 53.6 Å². The maximum absolute atomic E-state index is 12.5. The van der Waals surface area contributed by atoms with Crippen LogP contribution in [0, 0.1) is 5.92 Å². The molecule has 6 heteroatoms. The molecule has 176 valence electrons. The molecule has 0 amide bonds. The predicted molar refractivity (Wildman–Crippen MR) is 136 cm³/mol. The van der Waals surface area contributed by atoms with E-state index in [9.17, 15) is 4.79 Å². The lowest BCUT2D eigenvalue weighted by atomic mass is 9.99. The summed E-state index contributed by atoms with van der Waals surface area (Å²) in [5, 5.41) is 4.62. The Labute approximate surface area is 200 Å². The third-order valence-electron chi connectivity index (χ3n) is 6.04. The number of aryl methyl sites for hydroxylation is 1. The highest BCUT2D eigenvalue weighted by atomic mass is 16.5. The fourth-order valence-corrected chi connectivity index (χ4v) is 3.97. The van der Waals surface area contributed by atoms with E-state index in [1.54, 1.807) is 23.9 Å². The van der Waals surface area contributed by atoms with Gasteiger partial charge in [0.15, 0.2) is 0 Å². The predicted octanol–water partition coefficient (Wildman–Crippen LogP) is 5.74. The van der Waals surface area contributed by atoms with Crippen molar-refractivity contribution in [3.63, 3.8) is 0 Å². The SMILES string of the molecule is CC(C)CCCOc1ccc(-c2cc(=O)n(C)cc2-c2cnn(C(C)c3ccccc3)c2)cn1. The Morgan fingerprint density at radius 3 is 2.44 bits per heavy atom. The molecule has 3 aromatic heterocycles. The molecule has 6 nitrogen and oxygen atoms in total. The van der Waals surface area contributed by atoms with Crippen molar-refractivity contribution in [2.45, 2.75) is 39.7 Å². The number of ether oxygens (including phenoxy) is 1. The van der Waals surface area contributed by atoms with Crippen LogP contribution in [0.4, 0.5) is 0 Å². The summed E-state index contributed by atoms with van der Waals surface area (Å²) in [6.07, 6.45) is 9.65. The number of rotatable bonds is 9. The van der Waals surface area contributed by atoms with Crippen LogP contribution in [0.15, 0.2) is 78.1 Å². The van der Waals surface area contributed by atoms with Gasteiger partial charge in [-0.05, 0) is 42.9 Å². The van der Waals surface area contributed by atoms with Crippen LogP contribution < -0.4 is 10.3 Å². The zero-order valence-electron chi connectivity index (χ0n) is 20.3. The van der Waals surface area contributed by atoms with E-state index in [-0.39, 0.29) is 11.6 Å². The first kappa shape index (κ1) is 23.5. The smallest absolute Gasteiger partial charge is 0.250 e. The average molecular weight is 457 g/mol. The lowest BCUT2D eigenvalue weighted by molar-refractivity contribution is 0.287. The molecule has 0 saturated heterocycles. The van der Waals surface area contributed by atoms with E-state index in [0.717, 1.165) is 35.1 Å². The second-order valence-electron chi connectivity index (χ2n) is 9.12. The normalized spacial score (nSPS) is 12.1. The van der Waals surface area contributed by atoms with Crippen LogP contribution in [-0.2, 0) is 7.05 Å². The lowest BCUT2D eigenvalue weighted by Crippen LogP contribution is -2.15. The highest BCUT2D eigenvalue weighted by molar-refractivity contribution is 5.82. The molecule has 0 fully saturated rings. The first-order chi connectivity index (χ1) is 16.4. The summed E-state index contributed by atoms with van der Waals surface area (Å²) in [5.74, 6) is 1.26. The molecule has 0 aliphatic carbocycles. The van der Waals surface area contributed by atoms with Gasteiger partial charge in [-0.2, -0.15) is 5.10 Å². The molecular weight excluding hydrogens is 424 g/mol. The Kier molecular flexibility index (Phi) is 7.26. The van der Waals surface area contributed by atoms with Gasteiger partial charge in [0, 0.05) is 54.5 Å². The number of benzene rings is 1. The third-order valence-corrected chi connectivity index (χ3v) is 6.04. The minimum absolute atomic E-state index is 0.0715. The third kappa shape index (κ3) is 5.45. The van der Waals surface area contributed by atoms with Gasteiger partial charge in [-0.15, -0.1) is 0 Å². The molecular formula is C28H32N4O2. The summed E-state index contributed by atoms with van der Waals surface area (Å²) in [4.78, 5) is 17.0. The second kappa shape index (κ2) is 10.5. The number of hydrogen-bond donors (Lipinski definition) is 0. The van der Waals surface area contributed by atoms with Crippen molar-refractivity contribution in [1.82, 2.24) is 19.3 Å². The second-order valence-corrected chi connectivity index (χ2v) is 9.12. The monoisotopic (exact) mass is 456 g/mol. The van der Waals surface area contributed by atoms with Crippen LogP contribution in [0.1, 0.15) is 45.2 Å². The van der Waals surface area contributed by atoms with Crippen molar-refractivity contribution in [2.24, 2.45) is 13.0 Å². The van der Waals surface area contributed by atoms with Crippen LogP contribution in [-0.4, -0.2) is 25.9 Å². The first-order valence-electron chi connectivity index (χ1n) is 11.8. The fraction of sp³-hybridized carbons (Fsp3) is 0.321. The van der Waals surface area contributed by atoms with E-state index in [0.29, 0.717) is 18.4 Å². The van der Waals surface area contributed by atoms with E-state index in [1.165, 1.54) is 5.56 Å². The van der Waals surface area contributed by atoms with Crippen molar-refractivity contribution < 1.29 is 4.74 Å². The number of hydrogen-bond acceptors (Lipinski definition) is 4. The Morgan fingerprint density at radius 1 is 0.941 bits per heavy atom. The van der Waals surface area contributed by atoms with E-state index < -0.39 is 0 Å². The molecule has 0 saturated carbocycles. The van der Waals surface area contributed by atoms with Crippen LogP contribution in [0.3, 0.4) is 0 Å². The van der Waals surface area contributed by atoms with E-state index >= 15 is 0 Å². The highest BCUT2D eigenvalue weighted by Gasteiger charge is 2.15. The number of pyridine rings is 2. The molecule has 0 bridgehead atoms. The summed E-state index contributed by atoms with van der Waals surface area (Å²) < 4.78 is 9.33. The zero-order valence-corrected chi connectivity index (χ0v) is 20.3. The maximum Gasteiger partial charge on any atom is 0.250 e. The average Bonchev–Trinajstić information content (AvgIpc) is 3.34. The van der Waals surface area contributed by atoms with Gasteiger partial charge < -0.3 is 9.30 Å². The molecule has 1 aromatic carbocycles. The van der Waals surface area contributed by atoms with Gasteiger partial charge in [-0.1, -0.05) is 44.2 Å². The molecule has 0 N–H and O–H groups in total. The van der Waals surface area contributed by atoms with Gasteiger partial charge in [-0.3, -0.25) is 9.48 Å². The quantitative estimate of drug-likeness (QED) is 0.302. The van der Waals surface area contributed by atoms with Crippen molar-refractivity contribution in [3.05, 3.63) is 89.2 Å². The molecule has 1 atom stereocenters. The van der Waals surface area contributed by atoms with Gasteiger partial charge in [0.1, 0.15) is 0 Å². The van der Waals surface area contributed by atoms with Crippen molar-refractivity contribution in [1.29, 1.82) is 0 Å². The van der Waals surface area contributed by atoms with Gasteiger partial charge in [0.05, 0.1) is 18.8 Å². The maximum atomic E-state index is 12.5. The molecule has 3 heterocycles. The Balaban J connectivity index is 1.60. The summed E-state index contributed by atoms with van der Waals surface area (Å²) in [7, 11) is 1.76. The fourth-order valence-electron chi connectivity index (χ4n) is 3.97. The Bertz CT molecular complexity index is 1270. The van der Waals surface area contributed by atoms with Crippen molar-refractivity contribution >= 4 is 0 Å². The summed E-state index contributed by atoms with van der Waals surface area (Å²) in [6.45, 7) is 7.19. The largest absolute Gasteiger partial charge is 0.478 e. The molecule has 0 aliphatic heterocycles. The zero-order chi connectivity index (χ0) is 24.1. The summed E-state index contributed by atoms with van der Waals surface area (Å²) in [6, 6.07) is 15.9. The highest BCUT2D eigenvalue weighted by Crippen LogP contribution is 2.32. The van der Waals surface area contributed by atoms with Crippen LogP contribution in [0.25, 0.3) is 22.3 Å². The van der Waals surface area contributed by atoms with E-state index in [4.69, 9.17) is 4.74 Å². The van der Waals surface area contributed by atoms with Gasteiger partial charge in [0.2, 0.25) is 5.88 Å². The van der Waals surface area contributed by atoms with Crippen molar-refractivity contribution in [2.75, 3.05) is 6.61 Å². The van der Waals surface area contributed by atoms with Gasteiger partial charge >= 0.3 is 0 Å². The van der Waals surface area contributed by atoms with Crippen molar-refractivity contribution in [3.8, 4) is 28.1 Å². The first-order valence-corrected chi connectivity index (χ1v) is 11.8. The topological polar surface area (TPSA) is 61.9 Å². The van der Waals surface area contributed by atoms with Gasteiger partial charge in [-0.25, -0.2) is 4.98 Å². The molecule has 0 radical (unpaired) electrons.